The Labute approximate surface area is 139 Å². The minimum absolute atomic E-state index is 0.131. The lowest BCUT2D eigenvalue weighted by atomic mass is 9.95. The van der Waals surface area contributed by atoms with Gasteiger partial charge in [0.1, 0.15) is 6.04 Å². The number of rotatable bonds is 6. The highest BCUT2D eigenvalue weighted by molar-refractivity contribution is 7.88. The fourth-order valence-corrected chi connectivity index (χ4v) is 4.48. The molecule has 23 heavy (non-hydrogen) atoms. The first-order valence-corrected chi connectivity index (χ1v) is 10.2. The van der Waals surface area contributed by atoms with Crippen molar-refractivity contribution in [2.45, 2.75) is 44.7 Å². The van der Waals surface area contributed by atoms with Crippen LogP contribution in [0.3, 0.4) is 0 Å². The lowest BCUT2D eigenvalue weighted by molar-refractivity contribution is -0.125. The smallest absolute Gasteiger partial charge is 0.238 e. The van der Waals surface area contributed by atoms with Gasteiger partial charge in [-0.15, -0.1) is 0 Å². The summed E-state index contributed by atoms with van der Waals surface area (Å²) in [6, 6.07) is -0.559. The average Bonchev–Trinajstić information content (AvgIpc) is 3.03. The van der Waals surface area contributed by atoms with Gasteiger partial charge in [0.25, 0.3) is 0 Å². The Morgan fingerprint density at radius 2 is 1.96 bits per heavy atom. The molecule has 2 aliphatic rings. The Balaban J connectivity index is 1.96. The number of carbonyl (C=O) groups is 1. The predicted octanol–water partition coefficient (Wildman–Crippen LogP) is 0.0275. The molecule has 8 heteroatoms. The van der Waals surface area contributed by atoms with Crippen molar-refractivity contribution in [3.8, 4) is 0 Å². The van der Waals surface area contributed by atoms with Crippen LogP contribution >= 0.6 is 0 Å². The summed E-state index contributed by atoms with van der Waals surface area (Å²) in [5.41, 5.74) is -0.131. The van der Waals surface area contributed by atoms with E-state index >= 15 is 0 Å². The molecule has 2 atom stereocenters. The second kappa shape index (κ2) is 7.46. The van der Waals surface area contributed by atoms with E-state index in [1.807, 2.05) is 0 Å². The lowest BCUT2D eigenvalue weighted by Crippen LogP contribution is -2.58. The number of amides is 1. The van der Waals surface area contributed by atoms with E-state index in [0.29, 0.717) is 32.7 Å². The van der Waals surface area contributed by atoms with Gasteiger partial charge in [-0.05, 0) is 26.2 Å². The van der Waals surface area contributed by atoms with Crippen molar-refractivity contribution in [1.29, 1.82) is 0 Å². The maximum atomic E-state index is 12.5. The van der Waals surface area contributed by atoms with Gasteiger partial charge in [0.05, 0.1) is 19.5 Å². The summed E-state index contributed by atoms with van der Waals surface area (Å²) in [6.45, 7) is 8.36. The van der Waals surface area contributed by atoms with Gasteiger partial charge in [-0.25, -0.2) is 8.42 Å². The van der Waals surface area contributed by atoms with Crippen LogP contribution < -0.4 is 5.32 Å². The number of sulfonamides is 1. The summed E-state index contributed by atoms with van der Waals surface area (Å²) < 4.78 is 30.3. The van der Waals surface area contributed by atoms with E-state index in [1.54, 1.807) is 0 Å². The summed E-state index contributed by atoms with van der Waals surface area (Å²) in [5, 5.41) is 2.99. The van der Waals surface area contributed by atoms with Crippen LogP contribution in [-0.4, -0.2) is 80.8 Å². The van der Waals surface area contributed by atoms with Gasteiger partial charge in [-0.3, -0.25) is 9.69 Å². The van der Waals surface area contributed by atoms with Crippen molar-refractivity contribution in [3.63, 3.8) is 0 Å². The van der Waals surface area contributed by atoms with Crippen LogP contribution in [0.2, 0.25) is 0 Å². The Morgan fingerprint density at radius 3 is 2.52 bits per heavy atom. The number of nitrogens with one attached hydrogen (secondary N) is 1. The van der Waals surface area contributed by atoms with Crippen LogP contribution in [0.15, 0.2) is 0 Å². The summed E-state index contributed by atoms with van der Waals surface area (Å²) in [6.07, 6.45) is 3.41. The molecule has 0 aliphatic carbocycles. The van der Waals surface area contributed by atoms with Gasteiger partial charge in [-0.1, -0.05) is 6.92 Å². The Kier molecular flexibility index (Phi) is 6.05. The molecule has 0 bridgehead atoms. The van der Waals surface area contributed by atoms with Crippen molar-refractivity contribution in [1.82, 2.24) is 14.5 Å². The molecule has 2 fully saturated rings. The first-order valence-electron chi connectivity index (χ1n) is 8.35. The summed E-state index contributed by atoms with van der Waals surface area (Å²) in [5.74, 6) is -0.180. The van der Waals surface area contributed by atoms with E-state index in [1.165, 1.54) is 10.6 Å². The normalized spacial score (nSPS) is 26.8. The van der Waals surface area contributed by atoms with E-state index < -0.39 is 16.1 Å². The molecule has 1 N–H and O–H groups in total. The molecule has 0 aromatic rings. The van der Waals surface area contributed by atoms with Gasteiger partial charge in [0.15, 0.2) is 0 Å². The van der Waals surface area contributed by atoms with Crippen molar-refractivity contribution >= 4 is 15.9 Å². The second-order valence-electron chi connectivity index (χ2n) is 6.70. The molecule has 7 nitrogen and oxygen atoms in total. The van der Waals surface area contributed by atoms with Crippen LogP contribution in [0.25, 0.3) is 0 Å². The topological polar surface area (TPSA) is 79.0 Å². The second-order valence-corrected chi connectivity index (χ2v) is 8.63. The first-order chi connectivity index (χ1) is 10.8. The summed E-state index contributed by atoms with van der Waals surface area (Å²) >= 11 is 0. The minimum atomic E-state index is -3.33. The van der Waals surface area contributed by atoms with E-state index in [-0.39, 0.29) is 11.4 Å². The number of ether oxygens (including phenoxy) is 1. The zero-order valence-electron chi connectivity index (χ0n) is 14.4. The third-order valence-corrected chi connectivity index (χ3v) is 6.40. The van der Waals surface area contributed by atoms with Gasteiger partial charge >= 0.3 is 0 Å². The molecular weight excluding hydrogens is 318 g/mol. The lowest BCUT2D eigenvalue weighted by Gasteiger charge is -2.43. The number of carbonyl (C=O) groups excluding carboxylic acids is 1. The highest BCUT2D eigenvalue weighted by atomic mass is 32.2. The quantitative estimate of drug-likeness (QED) is 0.733. The van der Waals surface area contributed by atoms with Crippen molar-refractivity contribution in [3.05, 3.63) is 0 Å². The molecular formula is C15H29N3O4S. The maximum Gasteiger partial charge on any atom is 0.238 e. The molecule has 0 aromatic carbocycles. The van der Waals surface area contributed by atoms with E-state index in [9.17, 15) is 13.2 Å². The number of hydrogen-bond acceptors (Lipinski definition) is 5. The summed E-state index contributed by atoms with van der Waals surface area (Å²) in [4.78, 5) is 14.8. The van der Waals surface area contributed by atoms with Crippen LogP contribution in [-0.2, 0) is 19.6 Å². The van der Waals surface area contributed by atoms with Gasteiger partial charge in [0.2, 0.25) is 15.9 Å². The molecule has 2 aliphatic heterocycles. The van der Waals surface area contributed by atoms with Gasteiger partial charge in [-0.2, -0.15) is 4.31 Å². The summed E-state index contributed by atoms with van der Waals surface area (Å²) in [7, 11) is -3.33. The average molecular weight is 347 g/mol. The molecule has 0 aromatic heterocycles. The number of morpholine rings is 1. The van der Waals surface area contributed by atoms with E-state index in [0.717, 1.165) is 25.9 Å². The Morgan fingerprint density at radius 1 is 1.30 bits per heavy atom. The van der Waals surface area contributed by atoms with Crippen molar-refractivity contribution in [2.24, 2.45) is 0 Å². The SMILES string of the molecule is CC[C@@](C)(CNC(=O)[C@@H]1CCCN1S(C)(=O)=O)N1CCOCC1. The third-order valence-electron chi connectivity index (χ3n) is 5.11. The first kappa shape index (κ1) is 18.6. The molecule has 0 saturated carbocycles. The molecule has 0 unspecified atom stereocenters. The minimum Gasteiger partial charge on any atom is -0.379 e. The molecule has 134 valence electrons. The molecule has 1 amide bonds. The van der Waals surface area contributed by atoms with Gasteiger partial charge in [0, 0.05) is 31.7 Å². The number of hydrogen-bond donors (Lipinski definition) is 1. The largest absolute Gasteiger partial charge is 0.379 e. The molecule has 0 radical (unpaired) electrons. The highest BCUT2D eigenvalue weighted by Crippen LogP contribution is 2.22. The van der Waals surface area contributed by atoms with Gasteiger partial charge < -0.3 is 10.1 Å². The Bertz CT molecular complexity index is 519. The predicted molar refractivity (Wildman–Crippen MR) is 88.7 cm³/mol. The van der Waals surface area contributed by atoms with Crippen LogP contribution in [0, 0.1) is 0 Å². The zero-order chi connectivity index (χ0) is 17.1. The van der Waals surface area contributed by atoms with Crippen LogP contribution in [0.5, 0.6) is 0 Å². The maximum absolute atomic E-state index is 12.5. The molecule has 0 spiro atoms. The van der Waals surface area contributed by atoms with Crippen molar-refractivity contribution < 1.29 is 17.9 Å². The van der Waals surface area contributed by atoms with E-state index in [2.05, 4.69) is 24.1 Å². The fraction of sp³-hybridized carbons (Fsp3) is 0.933. The standard InChI is InChI=1S/C15H29N3O4S/c1-4-15(2,17-8-10-22-11-9-17)12-16-14(19)13-6-5-7-18(13)23(3,20)21/h13H,4-12H2,1-3H3,(H,16,19)/t13-,15-/m0/s1. The van der Waals surface area contributed by atoms with Crippen LogP contribution in [0.4, 0.5) is 0 Å². The third kappa shape index (κ3) is 4.43. The van der Waals surface area contributed by atoms with E-state index in [4.69, 9.17) is 4.74 Å². The fourth-order valence-electron chi connectivity index (χ4n) is 3.36. The highest BCUT2D eigenvalue weighted by Gasteiger charge is 2.38. The number of nitrogens with zero attached hydrogens (tertiary/aromatic N) is 2. The monoisotopic (exact) mass is 347 g/mol. The van der Waals surface area contributed by atoms with Crippen molar-refractivity contribution in [2.75, 3.05) is 45.6 Å². The van der Waals surface area contributed by atoms with Crippen LogP contribution in [0.1, 0.15) is 33.1 Å². The molecule has 2 rings (SSSR count). The molecule has 2 heterocycles. The Hall–Kier alpha value is -0.700. The molecule has 2 saturated heterocycles. The zero-order valence-corrected chi connectivity index (χ0v) is 15.2.